The molecule has 0 fully saturated rings. The highest BCUT2D eigenvalue weighted by Gasteiger charge is 2.41. The second-order valence-electron chi connectivity index (χ2n) is 8.03. The van der Waals surface area contributed by atoms with Gasteiger partial charge in [-0.2, -0.15) is 0 Å². The first-order valence-electron chi connectivity index (χ1n) is 11.0. The molecule has 3 aromatic rings. The van der Waals surface area contributed by atoms with E-state index in [0.717, 1.165) is 5.56 Å². The van der Waals surface area contributed by atoms with Crippen LogP contribution >= 0.6 is 15.9 Å². The van der Waals surface area contributed by atoms with Crippen molar-refractivity contribution in [2.24, 2.45) is 0 Å². The van der Waals surface area contributed by atoms with E-state index >= 15 is 0 Å². The number of carbonyl (C=O) groups excluding carboxylic acids is 2. The summed E-state index contributed by atoms with van der Waals surface area (Å²) in [5.74, 6) is 2.33. The van der Waals surface area contributed by atoms with Crippen molar-refractivity contribution in [2.75, 3.05) is 21.0 Å². The smallest absolute Gasteiger partial charge is 0.408 e. The maximum Gasteiger partial charge on any atom is 0.408 e. The van der Waals surface area contributed by atoms with E-state index in [-0.39, 0.29) is 18.9 Å². The average molecular weight is 556 g/mol. The number of amides is 1. The van der Waals surface area contributed by atoms with Gasteiger partial charge in [-0.25, -0.2) is 4.79 Å². The standard InChI is InChI=1S/C26H22BrNO8/c1-31-16-5-8-19-17(11-16)23(29)25(24(35-19)15-4-7-20(32-2)18(27)10-15)36-26(30)28-12-14-3-6-21-22(9-14)34-13-33-21/h3-11,24-25H,12-13H2,1-2H3,(H,28,30)/t24-,25+/m0/s1. The number of benzene rings is 3. The summed E-state index contributed by atoms with van der Waals surface area (Å²) in [5.41, 5.74) is 1.69. The third-order valence-corrected chi connectivity index (χ3v) is 6.47. The first-order chi connectivity index (χ1) is 17.5. The number of fused-ring (bicyclic) bond motifs is 2. The first-order valence-corrected chi connectivity index (χ1v) is 11.8. The normalized spacial score (nSPS) is 17.6. The fraction of sp³-hybridized carbons (Fsp3) is 0.231. The average Bonchev–Trinajstić information content (AvgIpc) is 3.36. The third-order valence-electron chi connectivity index (χ3n) is 5.85. The summed E-state index contributed by atoms with van der Waals surface area (Å²) in [5, 5.41) is 2.69. The zero-order valence-corrected chi connectivity index (χ0v) is 21.0. The highest BCUT2D eigenvalue weighted by molar-refractivity contribution is 9.10. The molecule has 0 radical (unpaired) electrons. The lowest BCUT2D eigenvalue weighted by Gasteiger charge is -2.32. The van der Waals surface area contributed by atoms with Crippen molar-refractivity contribution in [3.8, 4) is 28.7 Å². The molecule has 2 aliphatic heterocycles. The molecule has 1 amide bonds. The van der Waals surface area contributed by atoms with Gasteiger partial charge in [-0.05, 0) is 69.5 Å². The SMILES string of the molecule is COc1ccc2c(c1)C(=O)[C@@H](OC(=O)NCc1ccc3c(c1)OCO3)[C@H](c1ccc(OC)c(Br)c1)O2. The zero-order valence-electron chi connectivity index (χ0n) is 19.4. The van der Waals surface area contributed by atoms with Crippen molar-refractivity contribution in [3.63, 3.8) is 0 Å². The number of Topliss-reactive ketones (excluding diaryl/α,β-unsaturated/α-hetero) is 1. The monoisotopic (exact) mass is 555 g/mol. The minimum absolute atomic E-state index is 0.160. The zero-order chi connectivity index (χ0) is 25.2. The number of methoxy groups -OCH3 is 2. The lowest BCUT2D eigenvalue weighted by Crippen LogP contribution is -2.42. The molecule has 10 heteroatoms. The minimum atomic E-state index is -1.23. The fourth-order valence-corrected chi connectivity index (χ4v) is 4.58. The first kappa shape index (κ1) is 23.8. The van der Waals surface area contributed by atoms with Crippen LogP contribution in [0.4, 0.5) is 4.79 Å². The van der Waals surface area contributed by atoms with Crippen LogP contribution < -0.4 is 29.0 Å². The van der Waals surface area contributed by atoms with Gasteiger partial charge in [0.15, 0.2) is 17.6 Å². The molecule has 2 atom stereocenters. The number of halogens is 1. The molecular formula is C26H22BrNO8. The summed E-state index contributed by atoms with van der Waals surface area (Å²) in [4.78, 5) is 26.3. The van der Waals surface area contributed by atoms with E-state index in [1.807, 2.05) is 6.07 Å². The molecule has 36 heavy (non-hydrogen) atoms. The van der Waals surface area contributed by atoms with Gasteiger partial charge >= 0.3 is 6.09 Å². The van der Waals surface area contributed by atoms with Crippen LogP contribution in [-0.4, -0.2) is 39.0 Å². The van der Waals surface area contributed by atoms with Crippen LogP contribution in [0.1, 0.15) is 27.6 Å². The second kappa shape index (κ2) is 9.98. The number of ketones is 1. The Morgan fingerprint density at radius 1 is 1.00 bits per heavy atom. The Bertz CT molecular complexity index is 1330. The summed E-state index contributed by atoms with van der Waals surface area (Å²) in [6, 6.07) is 15.6. The van der Waals surface area contributed by atoms with Gasteiger partial charge < -0.3 is 33.7 Å². The summed E-state index contributed by atoms with van der Waals surface area (Å²) < 4.78 is 33.7. The van der Waals surface area contributed by atoms with Crippen LogP contribution in [-0.2, 0) is 11.3 Å². The summed E-state index contributed by atoms with van der Waals surface area (Å²) in [7, 11) is 3.06. The molecule has 0 unspecified atom stereocenters. The molecule has 1 N–H and O–H groups in total. The molecule has 5 rings (SSSR count). The van der Waals surface area contributed by atoms with E-state index in [1.54, 1.807) is 55.6 Å². The molecule has 0 saturated heterocycles. The van der Waals surface area contributed by atoms with Gasteiger partial charge in [-0.1, -0.05) is 12.1 Å². The van der Waals surface area contributed by atoms with Crippen LogP contribution in [0.2, 0.25) is 0 Å². The molecule has 0 saturated carbocycles. The van der Waals surface area contributed by atoms with Crippen LogP contribution in [0.15, 0.2) is 59.1 Å². The van der Waals surface area contributed by atoms with Crippen molar-refractivity contribution >= 4 is 27.8 Å². The van der Waals surface area contributed by atoms with E-state index in [0.29, 0.717) is 38.8 Å². The molecule has 186 valence electrons. The molecule has 0 spiro atoms. The molecule has 9 nitrogen and oxygen atoms in total. The molecule has 0 bridgehead atoms. The van der Waals surface area contributed by atoms with E-state index in [4.69, 9.17) is 28.4 Å². The fourth-order valence-electron chi connectivity index (χ4n) is 4.02. The lowest BCUT2D eigenvalue weighted by molar-refractivity contribution is 0.00889. The molecule has 2 heterocycles. The van der Waals surface area contributed by atoms with Crippen molar-refractivity contribution in [2.45, 2.75) is 18.8 Å². The molecule has 3 aromatic carbocycles. The van der Waals surface area contributed by atoms with Gasteiger partial charge in [-0.3, -0.25) is 4.79 Å². The largest absolute Gasteiger partial charge is 0.497 e. The van der Waals surface area contributed by atoms with E-state index < -0.39 is 24.1 Å². The second-order valence-corrected chi connectivity index (χ2v) is 8.88. The van der Waals surface area contributed by atoms with Crippen molar-refractivity contribution < 1.29 is 38.0 Å². The molecule has 2 aliphatic rings. The Morgan fingerprint density at radius 2 is 1.81 bits per heavy atom. The highest BCUT2D eigenvalue weighted by Crippen LogP contribution is 2.40. The number of hydrogen-bond acceptors (Lipinski definition) is 8. The summed E-state index contributed by atoms with van der Waals surface area (Å²) in [6.07, 6.45) is -2.88. The number of hydrogen-bond donors (Lipinski definition) is 1. The Balaban J connectivity index is 1.39. The molecule has 0 aliphatic carbocycles. The van der Waals surface area contributed by atoms with Gasteiger partial charge in [0.1, 0.15) is 17.2 Å². The quantitative estimate of drug-likeness (QED) is 0.462. The van der Waals surface area contributed by atoms with E-state index in [1.165, 1.54) is 7.11 Å². The number of ether oxygens (including phenoxy) is 6. The Hall–Kier alpha value is -3.92. The Morgan fingerprint density at radius 3 is 2.58 bits per heavy atom. The van der Waals surface area contributed by atoms with Crippen molar-refractivity contribution in [1.29, 1.82) is 0 Å². The van der Waals surface area contributed by atoms with Crippen LogP contribution in [0, 0.1) is 0 Å². The van der Waals surface area contributed by atoms with Crippen LogP contribution in [0.25, 0.3) is 0 Å². The van der Waals surface area contributed by atoms with Crippen LogP contribution in [0.5, 0.6) is 28.7 Å². The topological polar surface area (TPSA) is 102 Å². The number of alkyl carbamates (subject to hydrolysis) is 1. The van der Waals surface area contributed by atoms with Crippen molar-refractivity contribution in [3.05, 3.63) is 75.8 Å². The number of rotatable bonds is 6. The summed E-state index contributed by atoms with van der Waals surface area (Å²) in [6.45, 7) is 0.327. The molecule has 0 aromatic heterocycles. The third kappa shape index (κ3) is 4.64. The Labute approximate surface area is 215 Å². The van der Waals surface area contributed by atoms with Crippen LogP contribution in [0.3, 0.4) is 0 Å². The van der Waals surface area contributed by atoms with Crippen molar-refractivity contribution in [1.82, 2.24) is 5.32 Å². The Kier molecular flexibility index (Phi) is 6.60. The maximum atomic E-state index is 13.5. The van der Waals surface area contributed by atoms with Gasteiger partial charge in [0.2, 0.25) is 18.7 Å². The number of nitrogens with one attached hydrogen (secondary N) is 1. The maximum absolute atomic E-state index is 13.5. The minimum Gasteiger partial charge on any atom is -0.497 e. The predicted molar refractivity (Wildman–Crippen MR) is 131 cm³/mol. The van der Waals surface area contributed by atoms with Gasteiger partial charge in [-0.15, -0.1) is 0 Å². The summed E-state index contributed by atoms with van der Waals surface area (Å²) >= 11 is 3.46. The van der Waals surface area contributed by atoms with E-state index in [2.05, 4.69) is 21.2 Å². The van der Waals surface area contributed by atoms with Gasteiger partial charge in [0.05, 0.1) is 24.3 Å². The van der Waals surface area contributed by atoms with Gasteiger partial charge in [0.25, 0.3) is 0 Å². The highest BCUT2D eigenvalue weighted by atomic mass is 79.9. The molecular weight excluding hydrogens is 534 g/mol. The number of carbonyl (C=O) groups is 2. The lowest BCUT2D eigenvalue weighted by atomic mass is 9.93. The van der Waals surface area contributed by atoms with E-state index in [9.17, 15) is 9.59 Å². The predicted octanol–water partition coefficient (Wildman–Crippen LogP) is 4.81. The van der Waals surface area contributed by atoms with Gasteiger partial charge in [0, 0.05) is 6.54 Å².